The maximum atomic E-state index is 11.1. The molecule has 0 bridgehead atoms. The van der Waals surface area contributed by atoms with Crippen LogP contribution in [-0.2, 0) is 9.59 Å². The molecule has 0 aromatic heterocycles. The van der Waals surface area contributed by atoms with E-state index in [-0.39, 0.29) is 11.2 Å². The molecule has 0 unspecified atom stereocenters. The molecule has 0 heterocycles. The SMILES string of the molecule is C[C]=CC(=O)CC(C)(C)CC=O. The molecule has 0 aliphatic heterocycles. The van der Waals surface area contributed by atoms with E-state index in [0.29, 0.717) is 12.8 Å². The van der Waals surface area contributed by atoms with E-state index in [1.165, 1.54) is 6.08 Å². The van der Waals surface area contributed by atoms with Crippen LogP contribution in [0.5, 0.6) is 0 Å². The van der Waals surface area contributed by atoms with Crippen molar-refractivity contribution in [2.75, 3.05) is 0 Å². The third-order valence-electron chi connectivity index (χ3n) is 1.59. The Morgan fingerprint density at radius 3 is 2.50 bits per heavy atom. The molecule has 0 atom stereocenters. The van der Waals surface area contributed by atoms with E-state index in [1.54, 1.807) is 6.92 Å². The molecule has 2 nitrogen and oxygen atoms in total. The summed E-state index contributed by atoms with van der Waals surface area (Å²) in [4.78, 5) is 21.3. The largest absolute Gasteiger partial charge is 0.303 e. The number of ketones is 1. The molecule has 12 heavy (non-hydrogen) atoms. The number of carbonyl (C=O) groups excluding carboxylic acids is 2. The molecule has 0 N–H and O–H groups in total. The van der Waals surface area contributed by atoms with Crippen LogP contribution in [0.3, 0.4) is 0 Å². The first-order valence-corrected chi connectivity index (χ1v) is 3.99. The standard InChI is InChI=1S/C10H15O2/c1-4-5-9(12)8-10(2,3)6-7-11/h5,7H,6,8H2,1-3H3. The summed E-state index contributed by atoms with van der Waals surface area (Å²) >= 11 is 0. The van der Waals surface area contributed by atoms with Crippen LogP contribution in [-0.4, -0.2) is 12.1 Å². The maximum absolute atomic E-state index is 11.1. The summed E-state index contributed by atoms with van der Waals surface area (Å²) in [6.45, 7) is 5.50. The molecule has 67 valence electrons. The molecule has 0 aliphatic rings. The highest BCUT2D eigenvalue weighted by atomic mass is 16.1. The third-order valence-corrected chi connectivity index (χ3v) is 1.59. The molecule has 0 saturated heterocycles. The highest BCUT2D eigenvalue weighted by Gasteiger charge is 2.19. The molecule has 1 radical (unpaired) electrons. The zero-order chi connectivity index (χ0) is 9.61. The fourth-order valence-electron chi connectivity index (χ4n) is 0.981. The van der Waals surface area contributed by atoms with E-state index in [4.69, 9.17) is 0 Å². The van der Waals surface area contributed by atoms with Gasteiger partial charge in [0.15, 0.2) is 5.78 Å². The molecule has 0 amide bonds. The molecule has 0 aromatic carbocycles. The van der Waals surface area contributed by atoms with Gasteiger partial charge in [0.1, 0.15) is 6.29 Å². The van der Waals surface area contributed by atoms with Crippen molar-refractivity contribution in [2.24, 2.45) is 5.41 Å². The van der Waals surface area contributed by atoms with Gasteiger partial charge < -0.3 is 4.79 Å². The van der Waals surface area contributed by atoms with E-state index in [1.807, 2.05) is 13.8 Å². The predicted octanol–water partition coefficient (Wildman–Crippen LogP) is 1.94. The first-order chi connectivity index (χ1) is 5.52. The summed E-state index contributed by atoms with van der Waals surface area (Å²) in [5.41, 5.74) is -0.216. The highest BCUT2D eigenvalue weighted by Crippen LogP contribution is 2.23. The Morgan fingerprint density at radius 2 is 2.08 bits per heavy atom. The number of carbonyl (C=O) groups is 2. The first-order valence-electron chi connectivity index (χ1n) is 3.99. The van der Waals surface area contributed by atoms with Crippen LogP contribution >= 0.6 is 0 Å². The van der Waals surface area contributed by atoms with Gasteiger partial charge in [0, 0.05) is 12.8 Å². The third kappa shape index (κ3) is 4.83. The molecule has 0 fully saturated rings. The van der Waals surface area contributed by atoms with E-state index >= 15 is 0 Å². The van der Waals surface area contributed by atoms with Gasteiger partial charge in [0.05, 0.1) is 0 Å². The second-order valence-electron chi connectivity index (χ2n) is 3.61. The predicted molar refractivity (Wildman–Crippen MR) is 47.6 cm³/mol. The van der Waals surface area contributed by atoms with E-state index in [0.717, 1.165) is 6.29 Å². The Morgan fingerprint density at radius 1 is 1.50 bits per heavy atom. The van der Waals surface area contributed by atoms with E-state index < -0.39 is 0 Å². The highest BCUT2D eigenvalue weighted by molar-refractivity contribution is 5.89. The zero-order valence-electron chi connectivity index (χ0n) is 7.89. The lowest BCUT2D eigenvalue weighted by Gasteiger charge is -2.19. The lowest BCUT2D eigenvalue weighted by atomic mass is 9.84. The van der Waals surface area contributed by atoms with Gasteiger partial charge in [0.25, 0.3) is 0 Å². The van der Waals surface area contributed by atoms with Crippen LogP contribution in [0.1, 0.15) is 33.6 Å². The van der Waals surface area contributed by atoms with Gasteiger partial charge in [-0.2, -0.15) is 0 Å². The number of aldehydes is 1. The van der Waals surface area contributed by atoms with Crippen molar-refractivity contribution < 1.29 is 9.59 Å². The van der Waals surface area contributed by atoms with E-state index in [9.17, 15) is 9.59 Å². The van der Waals surface area contributed by atoms with Gasteiger partial charge in [-0.05, 0) is 24.5 Å². The van der Waals surface area contributed by atoms with Gasteiger partial charge in [-0.15, -0.1) is 0 Å². The summed E-state index contributed by atoms with van der Waals surface area (Å²) in [6, 6.07) is 0. The Labute approximate surface area is 73.7 Å². The Hall–Kier alpha value is -0.920. The van der Waals surface area contributed by atoms with Crippen molar-refractivity contribution in [3.05, 3.63) is 12.2 Å². The quantitative estimate of drug-likeness (QED) is 0.463. The Bertz CT molecular complexity index is 190. The smallest absolute Gasteiger partial charge is 0.156 e. The van der Waals surface area contributed by atoms with Crippen LogP contribution in [0.2, 0.25) is 0 Å². The second kappa shape index (κ2) is 4.86. The van der Waals surface area contributed by atoms with E-state index in [2.05, 4.69) is 6.08 Å². The minimum absolute atomic E-state index is 0.0318. The molecular weight excluding hydrogens is 152 g/mol. The van der Waals surface area contributed by atoms with Crippen LogP contribution in [0, 0.1) is 11.5 Å². The van der Waals surface area contributed by atoms with Crippen molar-refractivity contribution >= 4 is 12.1 Å². The first kappa shape index (κ1) is 11.1. The second-order valence-corrected chi connectivity index (χ2v) is 3.61. The van der Waals surface area contributed by atoms with Gasteiger partial charge in [0.2, 0.25) is 0 Å². The maximum Gasteiger partial charge on any atom is 0.156 e. The molecule has 0 spiro atoms. The zero-order valence-corrected chi connectivity index (χ0v) is 7.89. The number of rotatable bonds is 5. The number of allylic oxidation sites excluding steroid dienone is 2. The van der Waals surface area contributed by atoms with Gasteiger partial charge in [-0.25, -0.2) is 0 Å². The van der Waals surface area contributed by atoms with Crippen molar-refractivity contribution in [2.45, 2.75) is 33.6 Å². The monoisotopic (exact) mass is 167 g/mol. The summed E-state index contributed by atoms with van der Waals surface area (Å²) in [5, 5.41) is 0. The molecule has 0 rings (SSSR count). The summed E-state index contributed by atoms with van der Waals surface area (Å²) in [6.07, 6.45) is 5.78. The fourth-order valence-corrected chi connectivity index (χ4v) is 0.981. The topological polar surface area (TPSA) is 34.1 Å². The molecule has 0 aromatic rings. The van der Waals surface area contributed by atoms with Gasteiger partial charge in [-0.3, -0.25) is 4.79 Å². The molecule has 2 heteroatoms. The Balaban J connectivity index is 4.04. The molecule has 0 saturated carbocycles. The number of hydrogen-bond acceptors (Lipinski definition) is 2. The summed E-state index contributed by atoms with van der Waals surface area (Å²) < 4.78 is 0. The average Bonchev–Trinajstić information content (AvgIpc) is 1.85. The number of hydrogen-bond donors (Lipinski definition) is 0. The van der Waals surface area contributed by atoms with Crippen molar-refractivity contribution in [3.63, 3.8) is 0 Å². The van der Waals surface area contributed by atoms with Gasteiger partial charge in [-0.1, -0.05) is 13.8 Å². The van der Waals surface area contributed by atoms with Crippen LogP contribution in [0.15, 0.2) is 6.08 Å². The lowest BCUT2D eigenvalue weighted by molar-refractivity contribution is -0.117. The average molecular weight is 167 g/mol. The summed E-state index contributed by atoms with van der Waals surface area (Å²) in [5.74, 6) is 0.0318. The molecule has 0 aliphatic carbocycles. The minimum Gasteiger partial charge on any atom is -0.303 e. The van der Waals surface area contributed by atoms with Crippen molar-refractivity contribution in [3.8, 4) is 0 Å². The normalized spacial score (nSPS) is 11.9. The lowest BCUT2D eigenvalue weighted by Crippen LogP contribution is -2.16. The van der Waals surface area contributed by atoms with Crippen molar-refractivity contribution in [1.29, 1.82) is 0 Å². The van der Waals surface area contributed by atoms with Crippen LogP contribution in [0.25, 0.3) is 0 Å². The summed E-state index contributed by atoms with van der Waals surface area (Å²) in [7, 11) is 0. The van der Waals surface area contributed by atoms with Crippen LogP contribution < -0.4 is 0 Å². The fraction of sp³-hybridized carbons (Fsp3) is 0.600. The Kier molecular flexibility index (Phi) is 4.49. The molecular formula is C10H15O2. The van der Waals surface area contributed by atoms with Gasteiger partial charge >= 0.3 is 0 Å². The van der Waals surface area contributed by atoms with Crippen LogP contribution in [0.4, 0.5) is 0 Å². The van der Waals surface area contributed by atoms with Crippen molar-refractivity contribution in [1.82, 2.24) is 0 Å². The minimum atomic E-state index is -0.216.